The molecule has 0 spiro atoms. The molecule has 144 valence electrons. The average Bonchev–Trinajstić information content (AvgIpc) is 2.73. The van der Waals surface area contributed by atoms with E-state index in [4.69, 9.17) is 14.2 Å². The number of hydrogen-bond acceptors (Lipinski definition) is 5. The number of benzene rings is 2. The van der Waals surface area contributed by atoms with E-state index >= 15 is 0 Å². The van der Waals surface area contributed by atoms with Gasteiger partial charge in [0, 0.05) is 6.54 Å². The number of nitrogens with one attached hydrogen (secondary N) is 2. The predicted octanol–water partition coefficient (Wildman–Crippen LogP) is 2.44. The normalized spacial score (nSPS) is 17.8. The van der Waals surface area contributed by atoms with Gasteiger partial charge in [-0.3, -0.25) is 4.79 Å². The van der Waals surface area contributed by atoms with Crippen molar-refractivity contribution in [2.45, 2.75) is 25.6 Å². The summed E-state index contributed by atoms with van der Waals surface area (Å²) in [6, 6.07) is 15.2. The molecule has 0 bridgehead atoms. The zero-order chi connectivity index (χ0) is 19.1. The monoisotopic (exact) mass is 370 g/mol. The van der Waals surface area contributed by atoms with Crippen LogP contribution in [0.3, 0.4) is 0 Å². The Balaban J connectivity index is 1.62. The Labute approximate surface area is 159 Å². The Morgan fingerprint density at radius 1 is 1.26 bits per heavy atom. The summed E-state index contributed by atoms with van der Waals surface area (Å²) in [5.41, 5.74) is 2.04. The summed E-state index contributed by atoms with van der Waals surface area (Å²) < 4.78 is 16.7. The van der Waals surface area contributed by atoms with Crippen LogP contribution in [0.15, 0.2) is 48.5 Å². The molecule has 1 aliphatic rings. The highest BCUT2D eigenvalue weighted by atomic mass is 16.5. The maximum absolute atomic E-state index is 12.4. The van der Waals surface area contributed by atoms with Crippen molar-refractivity contribution in [1.82, 2.24) is 10.6 Å². The fourth-order valence-electron chi connectivity index (χ4n) is 2.94. The molecule has 0 radical (unpaired) electrons. The first-order chi connectivity index (χ1) is 13.2. The first kappa shape index (κ1) is 19.2. The van der Waals surface area contributed by atoms with Crippen LogP contribution in [-0.4, -0.2) is 38.8 Å². The molecule has 1 fully saturated rings. The van der Waals surface area contributed by atoms with E-state index in [1.54, 1.807) is 7.11 Å². The summed E-state index contributed by atoms with van der Waals surface area (Å²) in [5.74, 6) is 1.25. The molecule has 2 aromatic rings. The van der Waals surface area contributed by atoms with Crippen LogP contribution in [0, 0.1) is 0 Å². The summed E-state index contributed by atoms with van der Waals surface area (Å²) in [7, 11) is 1.61. The maximum Gasteiger partial charge on any atom is 0.240 e. The number of rotatable bonds is 7. The van der Waals surface area contributed by atoms with Crippen LogP contribution in [0.25, 0.3) is 0 Å². The van der Waals surface area contributed by atoms with Crippen molar-refractivity contribution in [2.75, 3.05) is 26.9 Å². The second kappa shape index (κ2) is 9.39. The molecule has 1 amide bonds. The molecule has 2 atom stereocenters. The second-order valence-electron chi connectivity index (χ2n) is 6.50. The molecule has 27 heavy (non-hydrogen) atoms. The number of carbonyl (C=O) groups excluding carboxylic acids is 1. The number of ether oxygens (including phenoxy) is 3. The largest absolute Gasteiger partial charge is 0.493 e. The van der Waals surface area contributed by atoms with Crippen molar-refractivity contribution in [3.8, 4) is 11.5 Å². The summed E-state index contributed by atoms with van der Waals surface area (Å²) in [6.45, 7) is 4.14. The zero-order valence-electron chi connectivity index (χ0n) is 15.7. The van der Waals surface area contributed by atoms with E-state index in [9.17, 15) is 4.79 Å². The predicted molar refractivity (Wildman–Crippen MR) is 103 cm³/mol. The van der Waals surface area contributed by atoms with Crippen LogP contribution in [-0.2, 0) is 16.1 Å². The van der Waals surface area contributed by atoms with Crippen LogP contribution >= 0.6 is 0 Å². The molecule has 3 rings (SSSR count). The van der Waals surface area contributed by atoms with Crippen LogP contribution in [0.5, 0.6) is 11.5 Å². The van der Waals surface area contributed by atoms with E-state index in [0.29, 0.717) is 37.9 Å². The first-order valence-electron chi connectivity index (χ1n) is 9.13. The lowest BCUT2D eigenvalue weighted by Gasteiger charge is -2.25. The molecule has 1 saturated heterocycles. The SMILES string of the molecule is COc1cc(C(C)NC(=O)C2COCCN2)ccc1OCc1ccccc1. The molecule has 6 heteroatoms. The molecule has 1 heterocycles. The highest BCUT2D eigenvalue weighted by molar-refractivity contribution is 5.82. The minimum Gasteiger partial charge on any atom is -0.493 e. The minimum atomic E-state index is -0.309. The van der Waals surface area contributed by atoms with Gasteiger partial charge >= 0.3 is 0 Å². The van der Waals surface area contributed by atoms with Crippen molar-refractivity contribution < 1.29 is 19.0 Å². The van der Waals surface area contributed by atoms with Gasteiger partial charge in [0.25, 0.3) is 0 Å². The van der Waals surface area contributed by atoms with Gasteiger partial charge in [0.2, 0.25) is 5.91 Å². The number of morpholine rings is 1. The fourth-order valence-corrected chi connectivity index (χ4v) is 2.94. The van der Waals surface area contributed by atoms with Crippen molar-refractivity contribution in [1.29, 1.82) is 0 Å². The maximum atomic E-state index is 12.4. The lowest BCUT2D eigenvalue weighted by atomic mass is 10.1. The van der Waals surface area contributed by atoms with Crippen LogP contribution in [0.4, 0.5) is 0 Å². The van der Waals surface area contributed by atoms with E-state index < -0.39 is 0 Å². The van der Waals surface area contributed by atoms with Gasteiger partial charge < -0.3 is 24.8 Å². The van der Waals surface area contributed by atoms with Gasteiger partial charge in [-0.15, -0.1) is 0 Å². The van der Waals surface area contributed by atoms with E-state index in [0.717, 1.165) is 11.1 Å². The van der Waals surface area contributed by atoms with Crippen molar-refractivity contribution >= 4 is 5.91 Å². The topological polar surface area (TPSA) is 68.8 Å². The van der Waals surface area contributed by atoms with Gasteiger partial charge in [-0.1, -0.05) is 36.4 Å². The third kappa shape index (κ3) is 5.21. The summed E-state index contributed by atoms with van der Waals surface area (Å²) >= 11 is 0. The van der Waals surface area contributed by atoms with Crippen LogP contribution < -0.4 is 20.1 Å². The highest BCUT2D eigenvalue weighted by Crippen LogP contribution is 2.31. The Hall–Kier alpha value is -2.57. The van der Waals surface area contributed by atoms with E-state index in [-0.39, 0.29) is 18.0 Å². The Bertz CT molecular complexity index is 745. The molecular formula is C21H26N2O4. The average molecular weight is 370 g/mol. The molecule has 2 N–H and O–H groups in total. The van der Waals surface area contributed by atoms with Gasteiger partial charge in [-0.25, -0.2) is 0 Å². The third-order valence-corrected chi connectivity index (χ3v) is 4.52. The summed E-state index contributed by atoms with van der Waals surface area (Å²) in [5, 5.41) is 6.17. The van der Waals surface area contributed by atoms with E-state index in [1.807, 2.05) is 55.5 Å². The van der Waals surface area contributed by atoms with Crippen molar-refractivity contribution in [3.63, 3.8) is 0 Å². The fraction of sp³-hybridized carbons (Fsp3) is 0.381. The number of hydrogen-bond donors (Lipinski definition) is 2. The van der Waals surface area contributed by atoms with Gasteiger partial charge in [-0.2, -0.15) is 0 Å². The summed E-state index contributed by atoms with van der Waals surface area (Å²) in [4.78, 5) is 12.4. The molecule has 6 nitrogen and oxygen atoms in total. The van der Waals surface area contributed by atoms with Gasteiger partial charge in [0.15, 0.2) is 11.5 Å². The van der Waals surface area contributed by atoms with E-state index in [2.05, 4.69) is 10.6 Å². The van der Waals surface area contributed by atoms with E-state index in [1.165, 1.54) is 0 Å². The number of amides is 1. The molecule has 2 unspecified atom stereocenters. The lowest BCUT2D eigenvalue weighted by Crippen LogP contribution is -2.51. The first-order valence-corrected chi connectivity index (χ1v) is 9.13. The Morgan fingerprint density at radius 3 is 2.78 bits per heavy atom. The quantitative estimate of drug-likeness (QED) is 0.784. The molecule has 0 saturated carbocycles. The second-order valence-corrected chi connectivity index (χ2v) is 6.50. The summed E-state index contributed by atoms with van der Waals surface area (Å²) in [6.07, 6.45) is 0. The molecule has 0 aromatic heterocycles. The number of carbonyl (C=O) groups is 1. The smallest absolute Gasteiger partial charge is 0.240 e. The molecular weight excluding hydrogens is 344 g/mol. The Kier molecular flexibility index (Phi) is 6.68. The van der Waals surface area contributed by atoms with Crippen molar-refractivity contribution in [2.24, 2.45) is 0 Å². The minimum absolute atomic E-state index is 0.0643. The Morgan fingerprint density at radius 2 is 2.07 bits per heavy atom. The molecule has 1 aliphatic heterocycles. The zero-order valence-corrected chi connectivity index (χ0v) is 15.7. The van der Waals surface area contributed by atoms with Gasteiger partial charge in [0.1, 0.15) is 12.6 Å². The number of methoxy groups -OCH3 is 1. The van der Waals surface area contributed by atoms with Crippen LogP contribution in [0.1, 0.15) is 24.1 Å². The molecule has 0 aliphatic carbocycles. The third-order valence-electron chi connectivity index (χ3n) is 4.52. The standard InChI is InChI=1S/C21H26N2O4/c1-15(23-21(24)18-14-26-11-10-22-18)17-8-9-19(20(12-17)25-2)27-13-16-6-4-3-5-7-16/h3-9,12,15,18,22H,10-11,13-14H2,1-2H3,(H,23,24). The van der Waals surface area contributed by atoms with Crippen molar-refractivity contribution in [3.05, 3.63) is 59.7 Å². The van der Waals surface area contributed by atoms with Crippen LogP contribution in [0.2, 0.25) is 0 Å². The molecule has 2 aromatic carbocycles. The highest BCUT2D eigenvalue weighted by Gasteiger charge is 2.23. The van der Waals surface area contributed by atoms with Gasteiger partial charge in [0.05, 0.1) is 26.4 Å². The van der Waals surface area contributed by atoms with Gasteiger partial charge in [-0.05, 0) is 30.2 Å². The lowest BCUT2D eigenvalue weighted by molar-refractivity contribution is -0.126.